The summed E-state index contributed by atoms with van der Waals surface area (Å²) in [7, 11) is 0. The molecule has 0 radical (unpaired) electrons. The summed E-state index contributed by atoms with van der Waals surface area (Å²) in [6.45, 7) is -0.296. The first-order chi connectivity index (χ1) is 11.2. The number of hydrogen-bond acceptors (Lipinski definition) is 5. The lowest BCUT2D eigenvalue weighted by atomic mass is 10.1. The number of Topliss-reactive ketones (excluding diaryl/α,β-unsaturated/α-hetero) is 1. The van der Waals surface area contributed by atoms with Gasteiger partial charge >= 0.3 is 0 Å². The van der Waals surface area contributed by atoms with E-state index in [-0.39, 0.29) is 23.5 Å². The molecule has 1 aromatic carbocycles. The second-order valence-electron chi connectivity index (χ2n) is 5.16. The smallest absolute Gasteiger partial charge is 0.263 e. The number of hydrogen-bond donors (Lipinski definition) is 1. The molecule has 0 bridgehead atoms. The number of pyridine rings is 1. The van der Waals surface area contributed by atoms with Gasteiger partial charge in [-0.1, -0.05) is 30.3 Å². The lowest BCUT2D eigenvalue weighted by Gasteiger charge is -2.12. The maximum Gasteiger partial charge on any atom is 0.263 e. The molecule has 3 heterocycles. The topological polar surface area (TPSA) is 96.0 Å². The zero-order valence-electron chi connectivity index (χ0n) is 11.8. The Labute approximate surface area is 129 Å². The van der Waals surface area contributed by atoms with Crippen molar-refractivity contribution in [1.29, 1.82) is 0 Å². The molecule has 112 valence electrons. The third-order valence-corrected chi connectivity index (χ3v) is 3.81. The highest BCUT2D eigenvalue weighted by atomic mass is 16.2. The number of amides is 2. The van der Waals surface area contributed by atoms with E-state index in [0.717, 1.165) is 4.90 Å². The molecule has 0 unspecified atom stereocenters. The molecule has 7 nitrogen and oxygen atoms in total. The molecular weight excluding hydrogens is 296 g/mol. The molecule has 0 atom stereocenters. The van der Waals surface area contributed by atoms with Crippen LogP contribution in [0, 0.1) is 0 Å². The fourth-order valence-corrected chi connectivity index (χ4v) is 2.67. The number of nitrogens with zero attached hydrogens (tertiary/aromatic N) is 3. The molecule has 0 aliphatic carbocycles. The standard InChI is InChI=1S/C16H10N4O3/c21-12(9-4-2-1-3-5-9)8-20-15(22)11-6-17-14-10(7-18-19-14)13(11)16(20)23/h1-7H,8H2,(H,17,18,19). The number of ketones is 1. The normalized spacial score (nSPS) is 13.7. The van der Waals surface area contributed by atoms with Crippen LogP contribution in [0.1, 0.15) is 31.1 Å². The predicted octanol–water partition coefficient (Wildman–Crippen LogP) is 1.44. The van der Waals surface area contributed by atoms with Crippen LogP contribution in [-0.4, -0.2) is 44.2 Å². The van der Waals surface area contributed by atoms with Gasteiger partial charge in [-0.3, -0.25) is 24.4 Å². The van der Waals surface area contributed by atoms with Crippen molar-refractivity contribution in [2.45, 2.75) is 0 Å². The molecule has 0 saturated carbocycles. The lowest BCUT2D eigenvalue weighted by Crippen LogP contribution is -2.34. The number of carbonyl (C=O) groups excluding carboxylic acids is 3. The Hall–Kier alpha value is -3.35. The molecule has 7 heteroatoms. The largest absolute Gasteiger partial charge is 0.292 e. The third kappa shape index (κ3) is 1.94. The number of benzene rings is 1. The summed E-state index contributed by atoms with van der Waals surface area (Å²) in [5.41, 5.74) is 1.33. The van der Waals surface area contributed by atoms with Crippen LogP contribution in [0.3, 0.4) is 0 Å². The quantitative estimate of drug-likeness (QED) is 0.583. The minimum Gasteiger partial charge on any atom is -0.292 e. The first-order valence-corrected chi connectivity index (χ1v) is 6.93. The average molecular weight is 306 g/mol. The first kappa shape index (κ1) is 13.3. The Morgan fingerprint density at radius 3 is 2.65 bits per heavy atom. The van der Waals surface area contributed by atoms with Crippen molar-refractivity contribution in [3.05, 3.63) is 59.4 Å². The van der Waals surface area contributed by atoms with Gasteiger partial charge in [0.15, 0.2) is 11.4 Å². The van der Waals surface area contributed by atoms with E-state index in [9.17, 15) is 14.4 Å². The van der Waals surface area contributed by atoms with Crippen LogP contribution < -0.4 is 0 Å². The summed E-state index contributed by atoms with van der Waals surface area (Å²) in [6, 6.07) is 8.55. The number of rotatable bonds is 3. The van der Waals surface area contributed by atoms with Gasteiger partial charge in [0.2, 0.25) is 0 Å². The van der Waals surface area contributed by atoms with Crippen molar-refractivity contribution in [2.24, 2.45) is 0 Å². The minimum atomic E-state index is -0.509. The molecule has 0 fully saturated rings. The van der Waals surface area contributed by atoms with Gasteiger partial charge in [0, 0.05) is 11.8 Å². The van der Waals surface area contributed by atoms with E-state index < -0.39 is 11.8 Å². The van der Waals surface area contributed by atoms with E-state index >= 15 is 0 Å². The van der Waals surface area contributed by atoms with Crippen molar-refractivity contribution >= 4 is 28.6 Å². The Morgan fingerprint density at radius 2 is 1.87 bits per heavy atom. The number of H-pyrrole nitrogens is 1. The molecule has 4 rings (SSSR count). The zero-order chi connectivity index (χ0) is 16.0. The summed E-state index contributed by atoms with van der Waals surface area (Å²) in [4.78, 5) is 42.3. The zero-order valence-corrected chi connectivity index (χ0v) is 11.8. The Bertz CT molecular complexity index is 962. The summed E-state index contributed by atoms with van der Waals surface area (Å²) in [5.74, 6) is -1.30. The van der Waals surface area contributed by atoms with Gasteiger partial charge in [0.1, 0.15) is 0 Å². The molecule has 2 aromatic heterocycles. The van der Waals surface area contributed by atoms with Crippen LogP contribution in [-0.2, 0) is 0 Å². The number of fused-ring (bicyclic) bond motifs is 3. The van der Waals surface area contributed by atoms with Crippen molar-refractivity contribution in [3.63, 3.8) is 0 Å². The number of carbonyl (C=O) groups is 3. The molecule has 0 saturated heterocycles. The van der Waals surface area contributed by atoms with Crippen molar-refractivity contribution in [2.75, 3.05) is 6.54 Å². The van der Waals surface area contributed by atoms with E-state index in [1.807, 2.05) is 0 Å². The third-order valence-electron chi connectivity index (χ3n) is 3.81. The highest BCUT2D eigenvalue weighted by molar-refractivity contribution is 6.27. The van der Waals surface area contributed by atoms with E-state index in [1.165, 1.54) is 12.4 Å². The monoisotopic (exact) mass is 306 g/mol. The van der Waals surface area contributed by atoms with Gasteiger partial charge in [-0.15, -0.1) is 0 Å². The second-order valence-corrected chi connectivity index (χ2v) is 5.16. The lowest BCUT2D eigenvalue weighted by molar-refractivity contribution is 0.0624. The highest BCUT2D eigenvalue weighted by Gasteiger charge is 2.38. The van der Waals surface area contributed by atoms with Crippen LogP contribution in [0.4, 0.5) is 0 Å². The van der Waals surface area contributed by atoms with Crippen LogP contribution in [0.5, 0.6) is 0 Å². The number of aromatic amines is 1. The van der Waals surface area contributed by atoms with E-state index in [0.29, 0.717) is 16.6 Å². The molecular formula is C16H10N4O3. The fraction of sp³-hybridized carbons (Fsp3) is 0.0625. The molecule has 0 spiro atoms. The Kier molecular flexibility index (Phi) is 2.80. The SMILES string of the molecule is O=C(CN1C(=O)c2cnc3[nH]ncc3c2C1=O)c1ccccc1. The van der Waals surface area contributed by atoms with E-state index in [4.69, 9.17) is 0 Å². The molecule has 23 heavy (non-hydrogen) atoms. The van der Waals surface area contributed by atoms with Gasteiger partial charge in [-0.2, -0.15) is 5.10 Å². The van der Waals surface area contributed by atoms with Gasteiger partial charge in [0.25, 0.3) is 11.8 Å². The first-order valence-electron chi connectivity index (χ1n) is 6.93. The summed E-state index contributed by atoms with van der Waals surface area (Å²) < 4.78 is 0. The molecule has 1 aliphatic heterocycles. The van der Waals surface area contributed by atoms with Crippen molar-refractivity contribution in [1.82, 2.24) is 20.1 Å². The van der Waals surface area contributed by atoms with Crippen LogP contribution in [0.2, 0.25) is 0 Å². The summed E-state index contributed by atoms with van der Waals surface area (Å²) in [6.07, 6.45) is 2.79. The summed E-state index contributed by atoms with van der Waals surface area (Å²) in [5, 5.41) is 6.97. The van der Waals surface area contributed by atoms with Gasteiger partial charge in [-0.05, 0) is 0 Å². The van der Waals surface area contributed by atoms with Gasteiger partial charge in [-0.25, -0.2) is 4.98 Å². The second kappa shape index (κ2) is 4.84. The van der Waals surface area contributed by atoms with Crippen molar-refractivity contribution < 1.29 is 14.4 Å². The Morgan fingerprint density at radius 1 is 1.09 bits per heavy atom. The molecule has 1 N–H and O–H groups in total. The van der Waals surface area contributed by atoms with Crippen molar-refractivity contribution in [3.8, 4) is 0 Å². The number of nitrogens with one attached hydrogen (secondary N) is 1. The van der Waals surface area contributed by atoms with Crippen LogP contribution in [0.25, 0.3) is 11.0 Å². The van der Waals surface area contributed by atoms with E-state index in [2.05, 4.69) is 15.2 Å². The number of aromatic nitrogens is 3. The van der Waals surface area contributed by atoms with Gasteiger partial charge < -0.3 is 0 Å². The fourth-order valence-electron chi connectivity index (χ4n) is 2.67. The molecule has 1 aliphatic rings. The Balaban J connectivity index is 1.71. The maximum atomic E-state index is 12.6. The summed E-state index contributed by atoms with van der Waals surface area (Å²) >= 11 is 0. The molecule has 2 amide bonds. The highest BCUT2D eigenvalue weighted by Crippen LogP contribution is 2.28. The minimum absolute atomic E-state index is 0.199. The van der Waals surface area contributed by atoms with Crippen LogP contribution >= 0.6 is 0 Å². The number of imide groups is 1. The predicted molar refractivity (Wildman–Crippen MR) is 80.0 cm³/mol. The molecule has 3 aromatic rings. The van der Waals surface area contributed by atoms with Gasteiger partial charge in [0.05, 0.1) is 29.3 Å². The van der Waals surface area contributed by atoms with Crippen LogP contribution in [0.15, 0.2) is 42.7 Å². The maximum absolute atomic E-state index is 12.6. The average Bonchev–Trinajstić information content (AvgIpc) is 3.14. The van der Waals surface area contributed by atoms with E-state index in [1.54, 1.807) is 30.3 Å².